The molecule has 0 spiro atoms. The highest BCUT2D eigenvalue weighted by molar-refractivity contribution is 6.01. The molecule has 1 fully saturated rings. The number of halogens is 2. The molecule has 1 saturated heterocycles. The van der Waals surface area contributed by atoms with Crippen LogP contribution in [-0.4, -0.2) is 24.4 Å². The normalized spacial score (nSPS) is 21.6. The number of rotatable bonds is 1. The highest BCUT2D eigenvalue weighted by Crippen LogP contribution is 2.33. The molecule has 0 unspecified atom stereocenters. The van der Waals surface area contributed by atoms with Gasteiger partial charge in [0.05, 0.1) is 5.69 Å². The summed E-state index contributed by atoms with van der Waals surface area (Å²) in [5.74, 6) is -1.63. The van der Waals surface area contributed by atoms with E-state index in [9.17, 15) is 18.4 Å². The third-order valence-electron chi connectivity index (χ3n) is 3.83. The number of fused-ring (bicyclic) bond motifs is 1. The molecule has 1 N–H and O–H groups in total. The summed E-state index contributed by atoms with van der Waals surface area (Å²) in [6.45, 7) is 0.248. The Kier molecular flexibility index (Phi) is 3.16. The quantitative estimate of drug-likeness (QED) is 0.848. The van der Waals surface area contributed by atoms with E-state index >= 15 is 0 Å². The summed E-state index contributed by atoms with van der Waals surface area (Å²) in [5.41, 5.74) is 0.260. The van der Waals surface area contributed by atoms with Crippen molar-refractivity contribution in [3.8, 4) is 0 Å². The van der Waals surface area contributed by atoms with Crippen LogP contribution in [0.4, 0.5) is 14.5 Å². The van der Waals surface area contributed by atoms with E-state index in [-0.39, 0.29) is 29.6 Å². The molecule has 2 amide bonds. The minimum absolute atomic E-state index is 0.0230. The van der Waals surface area contributed by atoms with Gasteiger partial charge in [-0.05, 0) is 31.4 Å². The second-order valence-electron chi connectivity index (χ2n) is 5.11. The molecule has 1 aromatic rings. The molecule has 1 aromatic carbocycles. The lowest BCUT2D eigenvalue weighted by Gasteiger charge is -2.27. The monoisotopic (exact) mass is 280 g/mol. The molecule has 6 heteroatoms. The third-order valence-corrected chi connectivity index (χ3v) is 3.83. The predicted octanol–water partition coefficient (Wildman–Crippen LogP) is 1.52. The smallest absolute Gasteiger partial charge is 0.249 e. The van der Waals surface area contributed by atoms with Crippen LogP contribution in [0.5, 0.6) is 0 Å². The summed E-state index contributed by atoms with van der Waals surface area (Å²) in [7, 11) is 0. The summed E-state index contributed by atoms with van der Waals surface area (Å²) in [4.78, 5) is 25.0. The average Bonchev–Trinajstić information content (AvgIpc) is 2.88. The van der Waals surface area contributed by atoms with Gasteiger partial charge in [-0.15, -0.1) is 0 Å². The fourth-order valence-corrected chi connectivity index (χ4v) is 2.85. The Bertz CT molecular complexity index is 589. The van der Waals surface area contributed by atoms with Gasteiger partial charge in [0.1, 0.15) is 17.7 Å². The number of carbonyl (C=O) groups excluding carboxylic acids is 2. The molecule has 106 valence electrons. The predicted molar refractivity (Wildman–Crippen MR) is 68.2 cm³/mol. The van der Waals surface area contributed by atoms with Gasteiger partial charge in [-0.2, -0.15) is 0 Å². The SMILES string of the molecule is O=C1CCC[C@H](C(=O)N2CCc3c(F)ccc(F)c32)N1. The Hall–Kier alpha value is -1.98. The number of nitrogens with one attached hydrogen (secondary N) is 1. The molecule has 0 radical (unpaired) electrons. The van der Waals surface area contributed by atoms with Crippen molar-refractivity contribution in [2.24, 2.45) is 0 Å². The van der Waals surface area contributed by atoms with Gasteiger partial charge in [-0.3, -0.25) is 9.59 Å². The molecule has 4 nitrogen and oxygen atoms in total. The Balaban J connectivity index is 1.89. The molecule has 1 atom stereocenters. The molecule has 20 heavy (non-hydrogen) atoms. The fraction of sp³-hybridized carbons (Fsp3) is 0.429. The zero-order valence-corrected chi connectivity index (χ0v) is 10.8. The maximum Gasteiger partial charge on any atom is 0.249 e. The number of piperidine rings is 1. The molecule has 0 saturated carbocycles. The fourth-order valence-electron chi connectivity index (χ4n) is 2.85. The van der Waals surface area contributed by atoms with E-state index in [2.05, 4.69) is 5.32 Å². The van der Waals surface area contributed by atoms with Crippen molar-refractivity contribution in [1.29, 1.82) is 0 Å². The van der Waals surface area contributed by atoms with Crippen molar-refractivity contribution in [2.75, 3.05) is 11.4 Å². The molecule has 2 heterocycles. The third kappa shape index (κ3) is 2.05. The van der Waals surface area contributed by atoms with Crippen molar-refractivity contribution in [3.63, 3.8) is 0 Å². The molecule has 2 aliphatic heterocycles. The van der Waals surface area contributed by atoms with Gasteiger partial charge in [0, 0.05) is 18.5 Å². The van der Waals surface area contributed by atoms with Crippen LogP contribution in [0.3, 0.4) is 0 Å². The van der Waals surface area contributed by atoms with Gasteiger partial charge >= 0.3 is 0 Å². The van der Waals surface area contributed by atoms with E-state index in [0.717, 1.165) is 12.1 Å². The molecule has 0 aliphatic carbocycles. The molecule has 3 rings (SSSR count). The molecular formula is C14H14F2N2O2. The first-order valence-corrected chi connectivity index (χ1v) is 6.65. The first-order chi connectivity index (χ1) is 9.58. The molecule has 0 bridgehead atoms. The molecular weight excluding hydrogens is 266 g/mol. The van der Waals surface area contributed by atoms with E-state index < -0.39 is 17.7 Å². The Morgan fingerprint density at radius 1 is 1.25 bits per heavy atom. The van der Waals surface area contributed by atoms with Crippen LogP contribution in [0.25, 0.3) is 0 Å². The van der Waals surface area contributed by atoms with E-state index in [1.54, 1.807) is 0 Å². The zero-order valence-electron chi connectivity index (χ0n) is 10.8. The molecule has 2 aliphatic rings. The summed E-state index contributed by atoms with van der Waals surface area (Å²) in [5, 5.41) is 2.61. The van der Waals surface area contributed by atoms with E-state index in [1.807, 2.05) is 0 Å². The topological polar surface area (TPSA) is 49.4 Å². The number of benzene rings is 1. The highest BCUT2D eigenvalue weighted by atomic mass is 19.1. The number of hydrogen-bond donors (Lipinski definition) is 1. The average molecular weight is 280 g/mol. The zero-order chi connectivity index (χ0) is 14.3. The molecule has 0 aromatic heterocycles. The van der Waals surface area contributed by atoms with Gasteiger partial charge < -0.3 is 10.2 Å². The Morgan fingerprint density at radius 3 is 2.75 bits per heavy atom. The maximum absolute atomic E-state index is 13.9. The lowest BCUT2D eigenvalue weighted by atomic mass is 10.0. The van der Waals surface area contributed by atoms with Crippen LogP contribution < -0.4 is 10.2 Å². The minimum Gasteiger partial charge on any atom is -0.344 e. The van der Waals surface area contributed by atoms with Crippen molar-refractivity contribution < 1.29 is 18.4 Å². The van der Waals surface area contributed by atoms with Crippen molar-refractivity contribution in [1.82, 2.24) is 5.32 Å². The minimum atomic E-state index is -0.634. The van der Waals surface area contributed by atoms with Gasteiger partial charge in [-0.25, -0.2) is 8.78 Å². The summed E-state index contributed by atoms with van der Waals surface area (Å²) < 4.78 is 27.5. The van der Waals surface area contributed by atoms with Crippen molar-refractivity contribution in [2.45, 2.75) is 31.7 Å². The summed E-state index contributed by atoms with van der Waals surface area (Å²) >= 11 is 0. The van der Waals surface area contributed by atoms with E-state index in [0.29, 0.717) is 25.7 Å². The standard InChI is InChI=1S/C14H14F2N2O2/c15-9-4-5-10(16)13-8(9)6-7-18(13)14(20)11-2-1-3-12(19)17-11/h4-5,11H,1-3,6-7H2,(H,17,19)/t11-/m1/s1. The second-order valence-corrected chi connectivity index (χ2v) is 5.11. The van der Waals surface area contributed by atoms with Gasteiger partial charge in [-0.1, -0.05) is 0 Å². The second kappa shape index (κ2) is 4.85. The first-order valence-electron chi connectivity index (χ1n) is 6.65. The van der Waals surface area contributed by atoms with Crippen LogP contribution in [-0.2, 0) is 16.0 Å². The lowest BCUT2D eigenvalue weighted by Crippen LogP contribution is -2.50. The largest absolute Gasteiger partial charge is 0.344 e. The van der Waals surface area contributed by atoms with Gasteiger partial charge in [0.2, 0.25) is 11.8 Å². The first kappa shape index (κ1) is 13.0. The Morgan fingerprint density at radius 2 is 2.00 bits per heavy atom. The number of anilines is 1. The van der Waals surface area contributed by atoms with Crippen LogP contribution >= 0.6 is 0 Å². The van der Waals surface area contributed by atoms with Crippen LogP contribution in [0.15, 0.2) is 12.1 Å². The number of hydrogen-bond acceptors (Lipinski definition) is 2. The van der Waals surface area contributed by atoms with Gasteiger partial charge in [0.25, 0.3) is 0 Å². The van der Waals surface area contributed by atoms with Crippen molar-refractivity contribution >= 4 is 17.5 Å². The van der Waals surface area contributed by atoms with Crippen LogP contribution in [0.2, 0.25) is 0 Å². The Labute approximate surface area is 114 Å². The number of nitrogens with zero attached hydrogens (tertiary/aromatic N) is 1. The highest BCUT2D eigenvalue weighted by Gasteiger charge is 2.35. The number of amides is 2. The summed E-state index contributed by atoms with van der Waals surface area (Å²) in [6.07, 6.45) is 1.87. The lowest BCUT2D eigenvalue weighted by molar-refractivity contribution is -0.129. The van der Waals surface area contributed by atoms with E-state index in [4.69, 9.17) is 0 Å². The maximum atomic E-state index is 13.9. The number of carbonyl (C=O) groups is 2. The van der Waals surface area contributed by atoms with E-state index in [1.165, 1.54) is 4.90 Å². The van der Waals surface area contributed by atoms with Crippen molar-refractivity contribution in [3.05, 3.63) is 29.3 Å². The van der Waals surface area contributed by atoms with Gasteiger partial charge in [0.15, 0.2) is 0 Å². The van der Waals surface area contributed by atoms with Crippen LogP contribution in [0, 0.1) is 11.6 Å². The van der Waals surface area contributed by atoms with Crippen LogP contribution in [0.1, 0.15) is 24.8 Å². The summed E-state index contributed by atoms with van der Waals surface area (Å²) in [6, 6.07) is 1.47.